The number of nitrogen functional groups attached to an aromatic ring is 1. The van der Waals surface area contributed by atoms with Gasteiger partial charge in [-0.2, -0.15) is 0 Å². The van der Waals surface area contributed by atoms with Crippen molar-refractivity contribution in [2.45, 2.75) is 26.9 Å². The number of nitrogens with one attached hydrogen (secondary N) is 1. The molecule has 0 aliphatic heterocycles. The lowest BCUT2D eigenvalue weighted by molar-refractivity contribution is 0.0748. The fourth-order valence-corrected chi connectivity index (χ4v) is 2.96. The van der Waals surface area contributed by atoms with E-state index in [1.165, 1.54) is 11.3 Å². The first-order chi connectivity index (χ1) is 9.49. The number of hydrogen-bond acceptors (Lipinski definition) is 4. The van der Waals surface area contributed by atoms with Gasteiger partial charge in [-0.25, -0.2) is 0 Å². The quantitative estimate of drug-likeness (QED) is 0.833. The molecule has 0 aliphatic carbocycles. The number of carbonyl (C=O) groups excluding carboxylic acids is 1. The van der Waals surface area contributed by atoms with Crippen LogP contribution >= 0.6 is 11.3 Å². The monoisotopic (exact) mass is 292 g/mol. The van der Waals surface area contributed by atoms with Gasteiger partial charge in [0.2, 0.25) is 0 Å². The number of benzene rings is 1. The number of anilines is 1. The van der Waals surface area contributed by atoms with Crippen molar-refractivity contribution in [1.29, 1.82) is 0 Å². The molecule has 4 nitrogen and oxygen atoms in total. The Morgan fingerprint density at radius 2 is 2.20 bits per heavy atom. The first-order valence-electron chi connectivity index (χ1n) is 6.67. The Kier molecular flexibility index (Phi) is 4.62. The first kappa shape index (κ1) is 14.8. The minimum atomic E-state index is -0.131. The van der Waals surface area contributed by atoms with E-state index < -0.39 is 0 Å². The molecular weight excluding hydrogens is 272 g/mol. The van der Waals surface area contributed by atoms with Gasteiger partial charge in [0.05, 0.1) is 18.4 Å². The van der Waals surface area contributed by atoms with E-state index in [1.54, 1.807) is 0 Å². The second-order valence-electron chi connectivity index (χ2n) is 5.02. The van der Waals surface area contributed by atoms with Crippen molar-refractivity contribution in [2.24, 2.45) is 0 Å². The van der Waals surface area contributed by atoms with Crippen LogP contribution in [0.2, 0.25) is 0 Å². The largest absolute Gasteiger partial charge is 0.397 e. The van der Waals surface area contributed by atoms with E-state index in [2.05, 4.69) is 5.32 Å². The van der Waals surface area contributed by atoms with Crippen LogP contribution in [0.5, 0.6) is 0 Å². The van der Waals surface area contributed by atoms with Crippen LogP contribution in [0.25, 0.3) is 10.1 Å². The minimum absolute atomic E-state index is 0.131. The van der Waals surface area contributed by atoms with Crippen molar-refractivity contribution in [1.82, 2.24) is 5.32 Å². The summed E-state index contributed by atoms with van der Waals surface area (Å²) in [7, 11) is 0. The van der Waals surface area contributed by atoms with E-state index >= 15 is 0 Å². The van der Waals surface area contributed by atoms with Gasteiger partial charge in [0.25, 0.3) is 5.91 Å². The van der Waals surface area contributed by atoms with E-state index in [0.717, 1.165) is 15.6 Å². The molecule has 0 radical (unpaired) electrons. The van der Waals surface area contributed by atoms with Crippen LogP contribution in [0.1, 0.15) is 29.1 Å². The highest BCUT2D eigenvalue weighted by Crippen LogP contribution is 2.34. The molecule has 0 saturated carbocycles. The van der Waals surface area contributed by atoms with Crippen LogP contribution in [0.3, 0.4) is 0 Å². The molecule has 1 aromatic heterocycles. The summed E-state index contributed by atoms with van der Waals surface area (Å²) in [6.45, 7) is 6.94. The average Bonchev–Trinajstić information content (AvgIpc) is 2.72. The van der Waals surface area contributed by atoms with Gasteiger partial charge in [-0.15, -0.1) is 11.3 Å². The number of hydrogen-bond donors (Lipinski definition) is 2. The van der Waals surface area contributed by atoms with Gasteiger partial charge in [0.15, 0.2) is 0 Å². The molecule has 108 valence electrons. The Balaban J connectivity index is 2.08. The molecule has 2 rings (SSSR count). The normalized spacial score (nSPS) is 11.2. The lowest BCUT2D eigenvalue weighted by atomic mass is 10.1. The number of ether oxygens (including phenoxy) is 1. The zero-order valence-electron chi connectivity index (χ0n) is 12.0. The topological polar surface area (TPSA) is 64.3 Å². The van der Waals surface area contributed by atoms with Gasteiger partial charge in [0, 0.05) is 16.6 Å². The molecule has 0 spiro atoms. The fourth-order valence-electron chi connectivity index (χ4n) is 1.94. The Hall–Kier alpha value is -1.59. The number of carbonyl (C=O) groups is 1. The summed E-state index contributed by atoms with van der Waals surface area (Å²) in [6.07, 6.45) is 0.171. The molecule has 0 saturated heterocycles. The van der Waals surface area contributed by atoms with Crippen molar-refractivity contribution >= 4 is 33.0 Å². The van der Waals surface area contributed by atoms with Gasteiger partial charge in [-0.3, -0.25) is 4.79 Å². The van der Waals surface area contributed by atoms with Crippen molar-refractivity contribution in [3.8, 4) is 0 Å². The van der Waals surface area contributed by atoms with Gasteiger partial charge in [-0.05, 0) is 32.9 Å². The van der Waals surface area contributed by atoms with Gasteiger partial charge < -0.3 is 15.8 Å². The third-order valence-corrected chi connectivity index (χ3v) is 4.11. The summed E-state index contributed by atoms with van der Waals surface area (Å²) in [6, 6.07) is 6.04. The maximum Gasteiger partial charge on any atom is 0.263 e. The van der Waals surface area contributed by atoms with Crippen LogP contribution in [0, 0.1) is 6.92 Å². The van der Waals surface area contributed by atoms with Gasteiger partial charge >= 0.3 is 0 Å². The highest BCUT2D eigenvalue weighted by Gasteiger charge is 2.15. The van der Waals surface area contributed by atoms with Crippen LogP contribution < -0.4 is 11.1 Å². The summed E-state index contributed by atoms with van der Waals surface area (Å²) in [5.41, 5.74) is 7.78. The third kappa shape index (κ3) is 3.29. The zero-order chi connectivity index (χ0) is 14.7. The predicted octanol–water partition coefficient (Wildman–Crippen LogP) is 2.95. The Morgan fingerprint density at radius 3 is 2.90 bits per heavy atom. The molecule has 0 fully saturated rings. The third-order valence-electron chi connectivity index (χ3n) is 2.93. The smallest absolute Gasteiger partial charge is 0.263 e. The summed E-state index contributed by atoms with van der Waals surface area (Å²) in [5.74, 6) is -0.131. The van der Waals surface area contributed by atoms with E-state index in [9.17, 15) is 4.79 Å². The molecule has 1 heterocycles. The van der Waals surface area contributed by atoms with Crippen LogP contribution in [-0.2, 0) is 4.74 Å². The van der Waals surface area contributed by atoms with E-state index in [-0.39, 0.29) is 12.0 Å². The van der Waals surface area contributed by atoms with Crippen molar-refractivity contribution in [2.75, 3.05) is 18.9 Å². The maximum atomic E-state index is 12.1. The fraction of sp³-hybridized carbons (Fsp3) is 0.400. The number of aryl methyl sites for hydroxylation is 1. The lowest BCUT2D eigenvalue weighted by Gasteiger charge is -2.08. The number of thiophene rings is 1. The van der Waals surface area contributed by atoms with Crippen molar-refractivity contribution in [3.05, 3.63) is 28.6 Å². The van der Waals surface area contributed by atoms with Gasteiger partial charge in [0.1, 0.15) is 4.88 Å². The molecule has 0 atom stereocenters. The summed E-state index contributed by atoms with van der Waals surface area (Å²) < 4.78 is 6.43. The second-order valence-corrected chi connectivity index (χ2v) is 6.07. The maximum absolute atomic E-state index is 12.1. The molecule has 0 aliphatic rings. The van der Waals surface area contributed by atoms with E-state index in [0.29, 0.717) is 23.7 Å². The van der Waals surface area contributed by atoms with E-state index in [4.69, 9.17) is 10.5 Å². The highest BCUT2D eigenvalue weighted by molar-refractivity contribution is 7.21. The summed E-state index contributed by atoms with van der Waals surface area (Å²) in [5, 5.41) is 3.79. The minimum Gasteiger partial charge on any atom is -0.397 e. The molecule has 20 heavy (non-hydrogen) atoms. The molecule has 3 N–H and O–H groups in total. The summed E-state index contributed by atoms with van der Waals surface area (Å²) in [4.78, 5) is 12.7. The van der Waals surface area contributed by atoms with Crippen LogP contribution in [-0.4, -0.2) is 25.2 Å². The standard InChI is InChI=1S/C15H20N2O2S/c1-9(2)19-7-6-17-15(18)14-13(16)11-8-10(3)4-5-12(11)20-14/h4-5,8-9H,6-7,16H2,1-3H3,(H,17,18). The number of amides is 1. The van der Waals surface area contributed by atoms with Crippen molar-refractivity contribution in [3.63, 3.8) is 0 Å². The Bertz CT molecular complexity index is 620. The van der Waals surface area contributed by atoms with Crippen LogP contribution in [0.15, 0.2) is 18.2 Å². The molecule has 1 amide bonds. The van der Waals surface area contributed by atoms with Gasteiger partial charge in [-0.1, -0.05) is 11.6 Å². The molecule has 0 bridgehead atoms. The number of fused-ring (bicyclic) bond motifs is 1. The van der Waals surface area contributed by atoms with Crippen LogP contribution in [0.4, 0.5) is 5.69 Å². The summed E-state index contributed by atoms with van der Waals surface area (Å²) >= 11 is 1.43. The molecule has 2 aromatic rings. The Labute approximate surface area is 122 Å². The zero-order valence-corrected chi connectivity index (χ0v) is 12.8. The number of rotatable bonds is 5. The molecular formula is C15H20N2O2S. The first-order valence-corrected chi connectivity index (χ1v) is 7.49. The van der Waals surface area contributed by atoms with E-state index in [1.807, 2.05) is 39.0 Å². The molecule has 0 unspecified atom stereocenters. The highest BCUT2D eigenvalue weighted by atomic mass is 32.1. The Morgan fingerprint density at radius 1 is 1.45 bits per heavy atom. The lowest BCUT2D eigenvalue weighted by Crippen LogP contribution is -2.27. The SMILES string of the molecule is Cc1ccc2sc(C(=O)NCCOC(C)C)c(N)c2c1. The second kappa shape index (κ2) is 6.24. The van der Waals surface area contributed by atoms with Crippen molar-refractivity contribution < 1.29 is 9.53 Å². The molecule has 1 aromatic carbocycles. The number of nitrogens with two attached hydrogens (primary N) is 1. The molecule has 5 heteroatoms. The average molecular weight is 292 g/mol. The predicted molar refractivity (Wildman–Crippen MR) is 84.4 cm³/mol.